The first kappa shape index (κ1) is 18.6. The van der Waals surface area contributed by atoms with Gasteiger partial charge in [0.2, 0.25) is 0 Å². The topological polar surface area (TPSA) is 63.9 Å². The molecular weight excluding hydrogens is 350 g/mol. The van der Waals surface area contributed by atoms with Crippen LogP contribution in [-0.2, 0) is 13.0 Å². The minimum absolute atomic E-state index is 0.0227. The van der Waals surface area contributed by atoms with Gasteiger partial charge in [0, 0.05) is 31.2 Å². The summed E-state index contributed by atoms with van der Waals surface area (Å²) < 4.78 is 1.94. The number of carbonyl (C=O) groups is 1. The summed E-state index contributed by atoms with van der Waals surface area (Å²) in [5, 5.41) is 9.61. The molecule has 1 atom stereocenters. The van der Waals surface area contributed by atoms with E-state index >= 15 is 0 Å². The molecular formula is C22H27N5O. The van der Waals surface area contributed by atoms with Gasteiger partial charge in [0.25, 0.3) is 5.91 Å². The summed E-state index contributed by atoms with van der Waals surface area (Å²) in [7, 11) is 0. The van der Waals surface area contributed by atoms with Crippen molar-refractivity contribution < 1.29 is 4.79 Å². The minimum Gasteiger partial charge on any atom is -0.337 e. The molecule has 3 aromatic rings. The van der Waals surface area contributed by atoms with E-state index in [1.807, 2.05) is 52.2 Å². The third-order valence-corrected chi connectivity index (χ3v) is 5.27. The second-order valence-corrected chi connectivity index (χ2v) is 8.18. The molecule has 0 aliphatic carbocycles. The van der Waals surface area contributed by atoms with Crippen LogP contribution < -0.4 is 0 Å². The monoisotopic (exact) mass is 377 g/mol. The van der Waals surface area contributed by atoms with Crippen molar-refractivity contribution in [3.8, 4) is 0 Å². The first-order valence-electron chi connectivity index (χ1n) is 10.1. The van der Waals surface area contributed by atoms with Gasteiger partial charge in [0.05, 0.1) is 11.2 Å². The first-order chi connectivity index (χ1) is 13.6. The summed E-state index contributed by atoms with van der Waals surface area (Å²) in [6.07, 6.45) is 5.11. The maximum atomic E-state index is 13.0. The third kappa shape index (κ3) is 4.21. The van der Waals surface area contributed by atoms with Gasteiger partial charge in [-0.3, -0.25) is 9.48 Å². The van der Waals surface area contributed by atoms with Crippen molar-refractivity contribution in [2.45, 2.75) is 39.7 Å². The van der Waals surface area contributed by atoms with Crippen molar-refractivity contribution in [3.63, 3.8) is 0 Å². The minimum atomic E-state index is 0.0227. The highest BCUT2D eigenvalue weighted by Gasteiger charge is 2.26. The van der Waals surface area contributed by atoms with Gasteiger partial charge in [0.1, 0.15) is 5.69 Å². The van der Waals surface area contributed by atoms with E-state index in [2.05, 4.69) is 29.1 Å². The number of carbonyl (C=O) groups excluding carboxylic acids is 1. The van der Waals surface area contributed by atoms with Crippen LogP contribution in [0.2, 0.25) is 0 Å². The summed E-state index contributed by atoms with van der Waals surface area (Å²) in [6.45, 7) is 6.71. The number of hydrogen-bond donors (Lipinski definition) is 0. The quantitative estimate of drug-likeness (QED) is 0.682. The Hall–Kier alpha value is -2.76. The van der Waals surface area contributed by atoms with Crippen molar-refractivity contribution in [1.29, 1.82) is 0 Å². The van der Waals surface area contributed by atoms with Crippen LogP contribution in [0, 0.1) is 11.8 Å². The predicted octanol–water partition coefficient (Wildman–Crippen LogP) is 3.58. The van der Waals surface area contributed by atoms with Crippen LogP contribution in [-0.4, -0.2) is 43.9 Å². The fourth-order valence-corrected chi connectivity index (χ4v) is 3.95. The lowest BCUT2D eigenvalue weighted by Gasteiger charge is -2.32. The number of rotatable bonds is 5. The molecule has 1 aliphatic heterocycles. The molecule has 146 valence electrons. The van der Waals surface area contributed by atoms with Gasteiger partial charge in [-0.25, -0.2) is 4.98 Å². The molecule has 2 aromatic heterocycles. The van der Waals surface area contributed by atoms with Crippen molar-refractivity contribution in [3.05, 3.63) is 54.0 Å². The Balaban J connectivity index is 1.42. The fourth-order valence-electron chi connectivity index (χ4n) is 3.95. The number of benzene rings is 1. The molecule has 0 spiro atoms. The Morgan fingerprint density at radius 1 is 1.21 bits per heavy atom. The normalized spacial score (nSPS) is 17.4. The first-order valence-corrected chi connectivity index (χ1v) is 10.1. The highest BCUT2D eigenvalue weighted by molar-refractivity contribution is 5.95. The summed E-state index contributed by atoms with van der Waals surface area (Å²) in [5.41, 5.74) is 2.43. The molecule has 4 rings (SSSR count). The van der Waals surface area contributed by atoms with E-state index in [0.29, 0.717) is 17.5 Å². The molecule has 1 amide bonds. The van der Waals surface area contributed by atoms with E-state index in [0.717, 1.165) is 55.5 Å². The Labute approximate surface area is 165 Å². The van der Waals surface area contributed by atoms with Crippen LogP contribution in [0.3, 0.4) is 0 Å². The van der Waals surface area contributed by atoms with E-state index < -0.39 is 0 Å². The van der Waals surface area contributed by atoms with Crippen molar-refractivity contribution in [1.82, 2.24) is 24.9 Å². The SMILES string of the molecule is CC(C)Cc1cn(C[C@@H]2CCCN(C(=O)c3ccc4ccccc4n3)C2)nn1. The Bertz CT molecular complexity index is 964. The summed E-state index contributed by atoms with van der Waals surface area (Å²) >= 11 is 0. The third-order valence-electron chi connectivity index (χ3n) is 5.27. The van der Waals surface area contributed by atoms with Crippen LogP contribution >= 0.6 is 0 Å². The highest BCUT2D eigenvalue weighted by atomic mass is 16.2. The zero-order chi connectivity index (χ0) is 19.5. The largest absolute Gasteiger partial charge is 0.337 e. The van der Waals surface area contributed by atoms with Gasteiger partial charge in [-0.05, 0) is 43.2 Å². The van der Waals surface area contributed by atoms with Crippen LogP contribution in [0.4, 0.5) is 0 Å². The number of fused-ring (bicyclic) bond motifs is 1. The number of amides is 1. The molecule has 3 heterocycles. The van der Waals surface area contributed by atoms with Crippen LogP contribution in [0.5, 0.6) is 0 Å². The van der Waals surface area contributed by atoms with E-state index in [4.69, 9.17) is 0 Å². The van der Waals surface area contributed by atoms with Crippen LogP contribution in [0.15, 0.2) is 42.6 Å². The number of likely N-dealkylation sites (tertiary alicyclic amines) is 1. The summed E-state index contributed by atoms with van der Waals surface area (Å²) in [6, 6.07) is 11.7. The molecule has 6 nitrogen and oxygen atoms in total. The second-order valence-electron chi connectivity index (χ2n) is 8.18. The van der Waals surface area contributed by atoms with Gasteiger partial charge < -0.3 is 4.90 Å². The Morgan fingerprint density at radius 3 is 2.93 bits per heavy atom. The molecule has 0 unspecified atom stereocenters. The molecule has 0 saturated carbocycles. The number of pyridine rings is 1. The van der Waals surface area contributed by atoms with Gasteiger partial charge in [0.15, 0.2) is 0 Å². The average molecular weight is 377 g/mol. The van der Waals surface area contributed by atoms with Crippen molar-refractivity contribution in [2.24, 2.45) is 11.8 Å². The Kier molecular flexibility index (Phi) is 5.37. The molecule has 1 aromatic carbocycles. The van der Waals surface area contributed by atoms with Crippen LogP contribution in [0.25, 0.3) is 10.9 Å². The summed E-state index contributed by atoms with van der Waals surface area (Å²) in [5.74, 6) is 0.990. The average Bonchev–Trinajstić information content (AvgIpc) is 3.13. The van der Waals surface area contributed by atoms with Gasteiger partial charge in [-0.2, -0.15) is 0 Å². The molecule has 6 heteroatoms. The highest BCUT2D eigenvalue weighted by Crippen LogP contribution is 2.21. The lowest BCUT2D eigenvalue weighted by Crippen LogP contribution is -2.41. The maximum Gasteiger partial charge on any atom is 0.272 e. The number of piperidine rings is 1. The molecule has 0 bridgehead atoms. The number of para-hydroxylation sites is 1. The van der Waals surface area contributed by atoms with E-state index in [1.165, 1.54) is 0 Å². The zero-order valence-corrected chi connectivity index (χ0v) is 16.6. The van der Waals surface area contributed by atoms with E-state index in [1.54, 1.807) is 0 Å². The molecule has 0 radical (unpaired) electrons. The summed E-state index contributed by atoms with van der Waals surface area (Å²) in [4.78, 5) is 19.5. The van der Waals surface area contributed by atoms with Crippen molar-refractivity contribution in [2.75, 3.05) is 13.1 Å². The Morgan fingerprint density at radius 2 is 2.07 bits per heavy atom. The predicted molar refractivity (Wildman–Crippen MR) is 109 cm³/mol. The van der Waals surface area contributed by atoms with Crippen LogP contribution in [0.1, 0.15) is 42.9 Å². The van der Waals surface area contributed by atoms with Gasteiger partial charge in [-0.1, -0.05) is 43.3 Å². The lowest BCUT2D eigenvalue weighted by molar-refractivity contribution is 0.0654. The smallest absolute Gasteiger partial charge is 0.272 e. The maximum absolute atomic E-state index is 13.0. The molecule has 1 aliphatic rings. The fraction of sp³-hybridized carbons (Fsp3) is 0.455. The standard InChI is InChI=1S/C22H27N5O/c1-16(2)12-19-15-27(25-24-19)14-17-6-5-11-26(13-17)22(28)21-10-9-18-7-3-4-8-20(18)23-21/h3-4,7-10,15-17H,5-6,11-14H2,1-2H3/t17-/m1/s1. The number of hydrogen-bond acceptors (Lipinski definition) is 4. The number of nitrogens with zero attached hydrogens (tertiary/aromatic N) is 5. The van der Waals surface area contributed by atoms with E-state index in [9.17, 15) is 4.79 Å². The molecule has 28 heavy (non-hydrogen) atoms. The van der Waals surface area contributed by atoms with Gasteiger partial charge in [-0.15, -0.1) is 5.10 Å². The molecule has 1 fully saturated rings. The molecule has 1 saturated heterocycles. The zero-order valence-electron chi connectivity index (χ0n) is 16.6. The number of aromatic nitrogens is 4. The van der Waals surface area contributed by atoms with E-state index in [-0.39, 0.29) is 5.91 Å². The van der Waals surface area contributed by atoms with Crippen molar-refractivity contribution >= 4 is 16.8 Å². The second kappa shape index (κ2) is 8.09. The molecule has 0 N–H and O–H groups in total. The lowest BCUT2D eigenvalue weighted by atomic mass is 9.97. The van der Waals surface area contributed by atoms with Gasteiger partial charge >= 0.3 is 0 Å².